The van der Waals surface area contributed by atoms with Gasteiger partial charge in [-0.05, 0) is 35.4 Å². The largest absolute Gasteiger partial charge is 0.497 e. The van der Waals surface area contributed by atoms with E-state index >= 15 is 0 Å². The lowest BCUT2D eigenvalue weighted by Gasteiger charge is -2.31. The molecule has 184 valence electrons. The van der Waals surface area contributed by atoms with Gasteiger partial charge in [-0.3, -0.25) is 14.5 Å². The Hall–Kier alpha value is -4.53. The van der Waals surface area contributed by atoms with Crippen molar-refractivity contribution in [2.75, 3.05) is 20.7 Å². The second-order valence-corrected chi connectivity index (χ2v) is 8.62. The summed E-state index contributed by atoms with van der Waals surface area (Å²) in [4.78, 5) is 43.1. The maximum atomic E-state index is 13.9. The van der Waals surface area contributed by atoms with Crippen LogP contribution in [0.15, 0.2) is 88.7 Å². The number of hydrogen-bond acceptors (Lipinski definition) is 5. The SMILES string of the molecule is COc1ccc([C@@H]2NC(=O)N(C)C3=C2C(=O)N([C@@H](C(=O)NCc2ccco2)c2ccccc2)C3)cc1. The predicted octanol–water partition coefficient (Wildman–Crippen LogP) is 3.14. The summed E-state index contributed by atoms with van der Waals surface area (Å²) in [6, 6.07) is 18.0. The van der Waals surface area contributed by atoms with E-state index in [2.05, 4.69) is 10.6 Å². The highest BCUT2D eigenvalue weighted by Gasteiger charge is 2.46. The van der Waals surface area contributed by atoms with Gasteiger partial charge in [0.15, 0.2) is 0 Å². The molecule has 0 unspecified atom stereocenters. The summed E-state index contributed by atoms with van der Waals surface area (Å²) >= 11 is 0. The van der Waals surface area contributed by atoms with E-state index in [0.717, 1.165) is 5.56 Å². The number of hydrogen-bond donors (Lipinski definition) is 2. The molecule has 0 fully saturated rings. The first-order valence-corrected chi connectivity index (χ1v) is 11.5. The number of nitrogens with one attached hydrogen (secondary N) is 2. The standard InChI is InChI=1S/C27H26N4O5/c1-30-21-16-31(24(18-7-4-3-5-8-18)25(32)28-15-20-9-6-14-36-20)26(33)22(21)23(29-27(30)34)17-10-12-19(35-2)13-11-17/h3-14,23-24H,15-16H2,1-2H3,(H,28,32)(H,29,34)/t23-,24+/m0/s1. The fraction of sp³-hybridized carbons (Fsp3) is 0.222. The maximum absolute atomic E-state index is 13.9. The molecule has 3 heterocycles. The lowest BCUT2D eigenvalue weighted by molar-refractivity contribution is -0.136. The van der Waals surface area contributed by atoms with Crippen LogP contribution in [0.1, 0.15) is 29.0 Å². The zero-order chi connectivity index (χ0) is 25.2. The Labute approximate surface area is 208 Å². The first-order chi connectivity index (χ1) is 17.5. The molecule has 0 radical (unpaired) electrons. The molecule has 2 atom stereocenters. The Bertz CT molecular complexity index is 1300. The van der Waals surface area contributed by atoms with Crippen molar-refractivity contribution >= 4 is 17.8 Å². The van der Waals surface area contributed by atoms with E-state index in [1.807, 2.05) is 42.5 Å². The zero-order valence-electron chi connectivity index (χ0n) is 19.9. The second kappa shape index (κ2) is 9.61. The van der Waals surface area contributed by atoms with Crippen LogP contribution in [0.2, 0.25) is 0 Å². The summed E-state index contributed by atoms with van der Waals surface area (Å²) in [6.45, 7) is 0.317. The summed E-state index contributed by atoms with van der Waals surface area (Å²) in [5.41, 5.74) is 2.44. The van der Waals surface area contributed by atoms with E-state index in [-0.39, 0.29) is 30.9 Å². The number of nitrogens with zero attached hydrogens (tertiary/aromatic N) is 2. The first kappa shape index (κ1) is 23.2. The van der Waals surface area contributed by atoms with Crippen molar-refractivity contribution in [3.8, 4) is 5.75 Å². The average molecular weight is 487 g/mol. The van der Waals surface area contributed by atoms with Gasteiger partial charge in [-0.2, -0.15) is 0 Å². The van der Waals surface area contributed by atoms with Crippen molar-refractivity contribution in [1.82, 2.24) is 20.4 Å². The molecule has 2 aliphatic rings. The first-order valence-electron chi connectivity index (χ1n) is 11.5. The molecule has 2 N–H and O–H groups in total. The molecule has 0 bridgehead atoms. The molecular weight excluding hydrogens is 460 g/mol. The minimum absolute atomic E-state index is 0.123. The number of rotatable bonds is 7. The van der Waals surface area contributed by atoms with Crippen molar-refractivity contribution in [1.29, 1.82) is 0 Å². The molecule has 1 aromatic heterocycles. The molecule has 2 aliphatic heterocycles. The normalized spacial score (nSPS) is 18.1. The summed E-state index contributed by atoms with van der Waals surface area (Å²) < 4.78 is 10.6. The van der Waals surface area contributed by atoms with Crippen molar-refractivity contribution in [3.63, 3.8) is 0 Å². The number of methoxy groups -OCH3 is 1. The Kier molecular flexibility index (Phi) is 6.20. The van der Waals surface area contributed by atoms with E-state index in [9.17, 15) is 14.4 Å². The Balaban J connectivity index is 1.48. The van der Waals surface area contributed by atoms with E-state index in [1.165, 1.54) is 16.1 Å². The topological polar surface area (TPSA) is 104 Å². The minimum atomic E-state index is -0.890. The van der Waals surface area contributed by atoms with E-state index < -0.39 is 12.1 Å². The van der Waals surface area contributed by atoms with Gasteiger partial charge in [0, 0.05) is 7.05 Å². The molecule has 9 heteroatoms. The summed E-state index contributed by atoms with van der Waals surface area (Å²) in [7, 11) is 3.20. The molecule has 3 aromatic rings. The monoisotopic (exact) mass is 486 g/mol. The minimum Gasteiger partial charge on any atom is -0.497 e. The molecule has 4 amide bonds. The highest BCUT2D eigenvalue weighted by atomic mass is 16.5. The Morgan fingerprint density at radius 1 is 1.11 bits per heavy atom. The van der Waals surface area contributed by atoms with Gasteiger partial charge in [-0.1, -0.05) is 42.5 Å². The molecular formula is C27H26N4O5. The number of furan rings is 1. The smallest absolute Gasteiger partial charge is 0.322 e. The molecule has 2 aromatic carbocycles. The number of urea groups is 1. The number of likely N-dealkylation sites (N-methyl/N-ethyl adjacent to an activating group) is 1. The Morgan fingerprint density at radius 3 is 2.53 bits per heavy atom. The quantitative estimate of drug-likeness (QED) is 0.534. The number of ether oxygens (including phenoxy) is 1. The fourth-order valence-electron chi connectivity index (χ4n) is 4.64. The van der Waals surface area contributed by atoms with Crippen LogP contribution in [0.3, 0.4) is 0 Å². The number of benzene rings is 2. The van der Waals surface area contributed by atoms with Gasteiger partial charge in [0.05, 0.1) is 43.8 Å². The summed E-state index contributed by atoms with van der Waals surface area (Å²) in [6.07, 6.45) is 1.54. The van der Waals surface area contributed by atoms with Crippen LogP contribution in [-0.4, -0.2) is 48.3 Å². The lowest BCUT2D eigenvalue weighted by Crippen LogP contribution is -2.45. The van der Waals surface area contributed by atoms with Gasteiger partial charge in [0.1, 0.15) is 17.6 Å². The van der Waals surface area contributed by atoms with E-state index in [1.54, 1.807) is 38.4 Å². The van der Waals surface area contributed by atoms with Crippen LogP contribution in [0.4, 0.5) is 4.79 Å². The van der Waals surface area contributed by atoms with E-state index in [0.29, 0.717) is 28.3 Å². The highest BCUT2D eigenvalue weighted by Crippen LogP contribution is 2.39. The average Bonchev–Trinajstić information content (AvgIpc) is 3.54. The van der Waals surface area contributed by atoms with Gasteiger partial charge < -0.3 is 24.7 Å². The van der Waals surface area contributed by atoms with Gasteiger partial charge in [-0.25, -0.2) is 4.79 Å². The summed E-state index contributed by atoms with van der Waals surface area (Å²) in [5, 5.41) is 5.80. The maximum Gasteiger partial charge on any atom is 0.322 e. The molecule has 9 nitrogen and oxygen atoms in total. The second-order valence-electron chi connectivity index (χ2n) is 8.62. The van der Waals surface area contributed by atoms with E-state index in [4.69, 9.17) is 9.15 Å². The molecule has 0 saturated carbocycles. The van der Waals surface area contributed by atoms with Crippen molar-refractivity contribution in [2.45, 2.75) is 18.6 Å². The van der Waals surface area contributed by atoms with Crippen LogP contribution in [0.25, 0.3) is 0 Å². The van der Waals surface area contributed by atoms with Crippen LogP contribution in [-0.2, 0) is 16.1 Å². The van der Waals surface area contributed by atoms with Crippen molar-refractivity contribution in [2.24, 2.45) is 0 Å². The highest BCUT2D eigenvalue weighted by molar-refractivity contribution is 6.03. The Morgan fingerprint density at radius 2 is 1.86 bits per heavy atom. The summed E-state index contributed by atoms with van der Waals surface area (Å²) in [5.74, 6) is 0.631. The zero-order valence-corrected chi connectivity index (χ0v) is 19.9. The molecule has 0 saturated heterocycles. The third kappa shape index (κ3) is 4.19. The predicted molar refractivity (Wildman–Crippen MR) is 131 cm³/mol. The number of carbonyl (C=O) groups is 3. The third-order valence-corrected chi connectivity index (χ3v) is 6.53. The van der Waals surface area contributed by atoms with Crippen LogP contribution in [0.5, 0.6) is 5.75 Å². The molecule has 0 spiro atoms. The fourth-order valence-corrected chi connectivity index (χ4v) is 4.64. The molecule has 5 rings (SSSR count). The third-order valence-electron chi connectivity index (χ3n) is 6.53. The van der Waals surface area contributed by atoms with Crippen LogP contribution < -0.4 is 15.4 Å². The van der Waals surface area contributed by atoms with Gasteiger partial charge in [0.2, 0.25) is 5.91 Å². The molecule has 36 heavy (non-hydrogen) atoms. The van der Waals surface area contributed by atoms with Gasteiger partial charge >= 0.3 is 6.03 Å². The van der Waals surface area contributed by atoms with Crippen LogP contribution >= 0.6 is 0 Å². The van der Waals surface area contributed by atoms with Gasteiger partial charge in [0.25, 0.3) is 5.91 Å². The van der Waals surface area contributed by atoms with Crippen LogP contribution in [0, 0.1) is 0 Å². The number of amides is 4. The van der Waals surface area contributed by atoms with Crippen molar-refractivity contribution in [3.05, 3.63) is 101 Å². The van der Waals surface area contributed by atoms with Gasteiger partial charge in [-0.15, -0.1) is 0 Å². The van der Waals surface area contributed by atoms with Crippen molar-refractivity contribution < 1.29 is 23.5 Å². The molecule has 0 aliphatic carbocycles. The lowest BCUT2D eigenvalue weighted by atomic mass is 9.95. The number of carbonyl (C=O) groups excluding carboxylic acids is 3.